The van der Waals surface area contributed by atoms with Gasteiger partial charge in [-0.25, -0.2) is 8.42 Å². The SMILES string of the molecule is COCC(=O)N(C)C[C@@H]1Oc2cc(C#Cc3ccccc3)ccc2S(=O)(=O)N([C@@H](C)CO)C[C@@H]1C. The number of amides is 1. The maximum absolute atomic E-state index is 13.6. The zero-order valence-electron chi connectivity index (χ0n) is 20.5. The number of fused-ring (bicyclic) bond motifs is 1. The summed E-state index contributed by atoms with van der Waals surface area (Å²) in [5.74, 6) is 5.82. The minimum atomic E-state index is -3.95. The normalized spacial score (nSPS) is 20.3. The van der Waals surface area contributed by atoms with Crippen LogP contribution < -0.4 is 4.74 Å². The van der Waals surface area contributed by atoms with Crippen LogP contribution in [0.25, 0.3) is 0 Å². The van der Waals surface area contributed by atoms with Crippen molar-refractivity contribution in [3.63, 3.8) is 0 Å². The molecule has 0 aromatic heterocycles. The smallest absolute Gasteiger partial charge is 0.248 e. The third-order valence-electron chi connectivity index (χ3n) is 5.94. The van der Waals surface area contributed by atoms with E-state index in [-0.39, 0.29) is 48.8 Å². The molecule has 2 aromatic carbocycles. The first-order valence-electron chi connectivity index (χ1n) is 11.4. The number of aliphatic hydroxyl groups excluding tert-OH is 1. The van der Waals surface area contributed by atoms with Gasteiger partial charge in [-0.15, -0.1) is 0 Å². The lowest BCUT2D eigenvalue weighted by Crippen LogP contribution is -2.50. The Kier molecular flexibility index (Phi) is 8.92. The van der Waals surface area contributed by atoms with E-state index in [1.165, 1.54) is 22.4 Å². The number of hydrogen-bond donors (Lipinski definition) is 1. The molecule has 3 atom stereocenters. The van der Waals surface area contributed by atoms with E-state index in [4.69, 9.17) is 9.47 Å². The summed E-state index contributed by atoms with van der Waals surface area (Å²) in [6.45, 7) is 3.53. The van der Waals surface area contributed by atoms with Crippen LogP contribution in [-0.4, -0.2) is 81.2 Å². The van der Waals surface area contributed by atoms with Gasteiger partial charge in [0.05, 0.1) is 13.2 Å². The predicted molar refractivity (Wildman–Crippen MR) is 132 cm³/mol. The van der Waals surface area contributed by atoms with Crippen LogP contribution in [-0.2, 0) is 19.6 Å². The molecule has 0 spiro atoms. The molecule has 3 rings (SSSR count). The number of carbonyl (C=O) groups is 1. The summed E-state index contributed by atoms with van der Waals surface area (Å²) in [7, 11) is -0.839. The Morgan fingerprint density at radius 3 is 2.57 bits per heavy atom. The van der Waals surface area contributed by atoms with Crippen molar-refractivity contribution < 1.29 is 27.8 Å². The Labute approximate surface area is 207 Å². The molecule has 0 saturated heterocycles. The second kappa shape index (κ2) is 11.7. The molecule has 188 valence electrons. The molecule has 1 amide bonds. The molecule has 0 bridgehead atoms. The van der Waals surface area contributed by atoms with Crippen LogP contribution in [0.5, 0.6) is 5.75 Å². The van der Waals surface area contributed by atoms with E-state index in [0.29, 0.717) is 5.56 Å². The highest BCUT2D eigenvalue weighted by Gasteiger charge is 2.38. The molecule has 1 N–H and O–H groups in total. The molecule has 0 fully saturated rings. The zero-order valence-corrected chi connectivity index (χ0v) is 21.3. The Bertz CT molecular complexity index is 1190. The molecular weight excluding hydrogens is 468 g/mol. The van der Waals surface area contributed by atoms with Gasteiger partial charge in [0, 0.05) is 43.8 Å². The predicted octanol–water partition coefficient (Wildman–Crippen LogP) is 1.96. The summed E-state index contributed by atoms with van der Waals surface area (Å²) in [6, 6.07) is 13.6. The molecule has 1 aliphatic heterocycles. The average molecular weight is 501 g/mol. The lowest BCUT2D eigenvalue weighted by molar-refractivity contribution is -0.135. The molecule has 0 radical (unpaired) electrons. The summed E-state index contributed by atoms with van der Waals surface area (Å²) in [5.41, 5.74) is 1.43. The molecule has 2 aromatic rings. The Balaban J connectivity index is 2.04. The molecule has 1 heterocycles. The maximum atomic E-state index is 13.6. The Morgan fingerprint density at radius 1 is 1.23 bits per heavy atom. The summed E-state index contributed by atoms with van der Waals surface area (Å²) in [4.78, 5) is 13.8. The van der Waals surface area contributed by atoms with Gasteiger partial charge >= 0.3 is 0 Å². The largest absolute Gasteiger partial charge is 0.487 e. The molecule has 0 unspecified atom stereocenters. The van der Waals surface area contributed by atoms with E-state index in [0.717, 1.165) is 5.56 Å². The van der Waals surface area contributed by atoms with Gasteiger partial charge in [0.2, 0.25) is 15.9 Å². The van der Waals surface area contributed by atoms with Crippen LogP contribution in [0, 0.1) is 17.8 Å². The third kappa shape index (κ3) is 6.41. The first kappa shape index (κ1) is 26.7. The maximum Gasteiger partial charge on any atom is 0.248 e. The average Bonchev–Trinajstić information content (AvgIpc) is 2.85. The van der Waals surface area contributed by atoms with Crippen LogP contribution in [0.1, 0.15) is 25.0 Å². The van der Waals surface area contributed by atoms with Crippen molar-refractivity contribution >= 4 is 15.9 Å². The van der Waals surface area contributed by atoms with Crippen LogP contribution in [0.15, 0.2) is 53.4 Å². The zero-order chi connectivity index (χ0) is 25.6. The molecular formula is C26H32N2O6S. The van der Waals surface area contributed by atoms with E-state index in [9.17, 15) is 18.3 Å². The number of carbonyl (C=O) groups excluding carboxylic acids is 1. The van der Waals surface area contributed by atoms with Gasteiger partial charge < -0.3 is 19.5 Å². The Morgan fingerprint density at radius 2 is 1.91 bits per heavy atom. The van der Waals surface area contributed by atoms with Crippen molar-refractivity contribution in [2.45, 2.75) is 30.9 Å². The van der Waals surface area contributed by atoms with Crippen LogP contribution in [0.4, 0.5) is 0 Å². The van der Waals surface area contributed by atoms with Gasteiger partial charge in [0.1, 0.15) is 23.4 Å². The van der Waals surface area contributed by atoms with Gasteiger partial charge in [0.25, 0.3) is 0 Å². The van der Waals surface area contributed by atoms with E-state index in [1.807, 2.05) is 37.3 Å². The first-order chi connectivity index (χ1) is 16.7. The number of sulfonamides is 1. The number of methoxy groups -OCH3 is 1. The highest BCUT2D eigenvalue weighted by Crippen LogP contribution is 2.34. The van der Waals surface area contributed by atoms with Crippen molar-refractivity contribution in [1.82, 2.24) is 9.21 Å². The minimum Gasteiger partial charge on any atom is -0.487 e. The number of benzene rings is 2. The number of hydrogen-bond acceptors (Lipinski definition) is 6. The van der Waals surface area contributed by atoms with Crippen molar-refractivity contribution in [3.8, 4) is 17.6 Å². The van der Waals surface area contributed by atoms with Crippen LogP contribution in [0.3, 0.4) is 0 Å². The summed E-state index contributed by atoms with van der Waals surface area (Å²) in [6.07, 6.45) is -0.499. The standard InChI is InChI=1S/C26H32N2O6S/c1-19-15-28(20(2)17-29)35(31,32)25-13-12-22(11-10-21-8-6-5-7-9-21)14-23(25)34-24(19)16-27(3)26(30)18-33-4/h5-9,12-14,19-20,24,29H,15-18H2,1-4H3/t19-,20-,24-/m0/s1. The van der Waals surface area contributed by atoms with Crippen molar-refractivity contribution in [2.75, 3.05) is 40.5 Å². The lowest BCUT2D eigenvalue weighted by Gasteiger charge is -2.37. The van der Waals surface area contributed by atoms with Gasteiger partial charge in [-0.3, -0.25) is 4.79 Å². The second-order valence-corrected chi connectivity index (χ2v) is 10.6. The number of ether oxygens (including phenoxy) is 2. The third-order valence-corrected chi connectivity index (χ3v) is 7.96. The van der Waals surface area contributed by atoms with E-state index in [1.54, 1.807) is 26.1 Å². The van der Waals surface area contributed by atoms with E-state index >= 15 is 0 Å². The summed E-state index contributed by atoms with van der Waals surface area (Å²) < 4.78 is 39.6. The first-order valence-corrected chi connectivity index (χ1v) is 12.8. The fourth-order valence-corrected chi connectivity index (χ4v) is 5.62. The lowest BCUT2D eigenvalue weighted by atomic mass is 10.0. The number of aliphatic hydroxyl groups is 1. The second-order valence-electron chi connectivity index (χ2n) is 8.72. The molecule has 0 aliphatic carbocycles. The fraction of sp³-hybridized carbons (Fsp3) is 0.423. The monoisotopic (exact) mass is 500 g/mol. The summed E-state index contributed by atoms with van der Waals surface area (Å²) >= 11 is 0. The Hall–Kier alpha value is -2.90. The van der Waals surface area contributed by atoms with Crippen molar-refractivity contribution in [3.05, 3.63) is 59.7 Å². The number of nitrogens with zero attached hydrogens (tertiary/aromatic N) is 2. The van der Waals surface area contributed by atoms with Gasteiger partial charge in [-0.2, -0.15) is 4.31 Å². The number of likely N-dealkylation sites (N-methyl/N-ethyl adjacent to an activating group) is 1. The van der Waals surface area contributed by atoms with Crippen LogP contribution >= 0.6 is 0 Å². The molecule has 0 saturated carbocycles. The highest BCUT2D eigenvalue weighted by molar-refractivity contribution is 7.89. The fourth-order valence-electron chi connectivity index (χ4n) is 3.79. The van der Waals surface area contributed by atoms with Gasteiger partial charge in [0.15, 0.2) is 0 Å². The van der Waals surface area contributed by atoms with Gasteiger partial charge in [-0.1, -0.05) is 37.0 Å². The highest BCUT2D eigenvalue weighted by atomic mass is 32.2. The van der Waals surface area contributed by atoms with E-state index < -0.39 is 22.2 Å². The number of rotatable bonds is 6. The topological polar surface area (TPSA) is 96.4 Å². The van der Waals surface area contributed by atoms with Crippen molar-refractivity contribution in [1.29, 1.82) is 0 Å². The molecule has 8 nitrogen and oxygen atoms in total. The van der Waals surface area contributed by atoms with E-state index in [2.05, 4.69) is 11.8 Å². The van der Waals surface area contributed by atoms with Gasteiger partial charge in [-0.05, 0) is 37.3 Å². The summed E-state index contributed by atoms with van der Waals surface area (Å²) in [5, 5.41) is 9.76. The molecule has 1 aliphatic rings. The molecule has 9 heteroatoms. The quantitative estimate of drug-likeness (QED) is 0.610. The minimum absolute atomic E-state index is 0.00540. The van der Waals surface area contributed by atoms with Crippen molar-refractivity contribution in [2.24, 2.45) is 5.92 Å². The molecule has 35 heavy (non-hydrogen) atoms. The van der Waals surface area contributed by atoms with Crippen LogP contribution in [0.2, 0.25) is 0 Å².